The molecule has 2 rings (SSSR count). The van der Waals surface area contributed by atoms with E-state index in [-0.39, 0.29) is 17.3 Å². The summed E-state index contributed by atoms with van der Waals surface area (Å²) in [5.41, 5.74) is -1.10. The number of aliphatic hydroxyl groups is 1. The van der Waals surface area contributed by atoms with Gasteiger partial charge in [0.05, 0.1) is 7.11 Å². The van der Waals surface area contributed by atoms with Crippen molar-refractivity contribution in [2.75, 3.05) is 7.11 Å². The summed E-state index contributed by atoms with van der Waals surface area (Å²) in [6.45, 7) is 2.15. The van der Waals surface area contributed by atoms with E-state index < -0.39 is 16.8 Å². The first kappa shape index (κ1) is 21.9. The van der Waals surface area contributed by atoms with Crippen LogP contribution in [-0.2, 0) is 19.1 Å². The van der Waals surface area contributed by atoms with Crippen LogP contribution in [0.5, 0.6) is 0 Å². The third-order valence-corrected chi connectivity index (χ3v) is 5.43. The Balaban J connectivity index is 1.95. The van der Waals surface area contributed by atoms with Crippen LogP contribution in [0.2, 0.25) is 0 Å². The maximum atomic E-state index is 12.5. The van der Waals surface area contributed by atoms with Crippen LogP contribution >= 0.6 is 11.6 Å². The topological polar surface area (TPSA) is 76.1 Å². The van der Waals surface area contributed by atoms with Crippen molar-refractivity contribution in [3.63, 3.8) is 0 Å². The number of unbranched alkanes of at least 4 members (excludes halogenated alkanes) is 4. The van der Waals surface area contributed by atoms with Crippen molar-refractivity contribution in [2.45, 2.75) is 75.1 Å². The lowest BCUT2D eigenvalue weighted by molar-refractivity contribution is -0.140. The first-order valence-corrected chi connectivity index (χ1v) is 10.0. The van der Waals surface area contributed by atoms with Gasteiger partial charge in [-0.2, -0.15) is 0 Å². The van der Waals surface area contributed by atoms with E-state index in [0.717, 1.165) is 19.3 Å². The van der Waals surface area contributed by atoms with Crippen molar-refractivity contribution in [3.05, 3.63) is 36.0 Å². The molecule has 2 fully saturated rings. The number of allylic oxidation sites excluding steroid dienone is 4. The molecule has 5 nitrogen and oxygen atoms in total. The lowest BCUT2D eigenvalue weighted by Gasteiger charge is -2.23. The number of Topliss-reactive ketones (excluding diaryl/α,β-unsaturated/α-hetero) is 1. The number of ether oxygens (including phenoxy) is 2. The van der Waals surface area contributed by atoms with Gasteiger partial charge in [0, 0.05) is 18.4 Å². The molecule has 0 spiro atoms. The number of hydrogen-bond donors (Lipinski definition) is 1. The van der Waals surface area contributed by atoms with Gasteiger partial charge in [-0.1, -0.05) is 61.7 Å². The zero-order valence-corrected chi connectivity index (χ0v) is 16.8. The minimum absolute atomic E-state index is 0.242. The SMILES string of the molecule is CCCCC/C=C\C[C@]1(O)/C(=C\C=C/CCCC(=O)OC)C(=O)[C@]2(Cl)O[C@H]21. The summed E-state index contributed by atoms with van der Waals surface area (Å²) in [5.74, 6) is -0.607. The fourth-order valence-electron chi connectivity index (χ4n) is 3.29. The number of carbonyl (C=O) groups is 2. The van der Waals surface area contributed by atoms with Crippen LogP contribution in [0.3, 0.4) is 0 Å². The monoisotopic (exact) mass is 396 g/mol. The number of esters is 1. The average Bonchev–Trinajstić information content (AvgIpc) is 3.33. The van der Waals surface area contributed by atoms with Crippen LogP contribution in [0.1, 0.15) is 58.3 Å². The summed E-state index contributed by atoms with van der Waals surface area (Å²) in [7, 11) is 1.36. The Hall–Kier alpha value is -1.43. The fraction of sp³-hybridized carbons (Fsp3) is 0.619. The molecule has 150 valence electrons. The van der Waals surface area contributed by atoms with Gasteiger partial charge in [0.15, 0.2) is 0 Å². The van der Waals surface area contributed by atoms with Gasteiger partial charge in [0.25, 0.3) is 0 Å². The molecule has 0 aromatic heterocycles. The van der Waals surface area contributed by atoms with Crippen LogP contribution in [0.15, 0.2) is 36.0 Å². The van der Waals surface area contributed by atoms with E-state index in [4.69, 9.17) is 16.3 Å². The minimum Gasteiger partial charge on any atom is -0.469 e. The van der Waals surface area contributed by atoms with Gasteiger partial charge in [0.1, 0.15) is 11.7 Å². The second kappa shape index (κ2) is 9.67. The molecule has 1 saturated heterocycles. The Morgan fingerprint density at radius 1 is 1.26 bits per heavy atom. The number of halogens is 1. The fourth-order valence-corrected chi connectivity index (χ4v) is 3.66. The number of fused-ring (bicyclic) bond motifs is 1. The zero-order chi connectivity index (χ0) is 19.9. The quantitative estimate of drug-likeness (QED) is 0.143. The van der Waals surface area contributed by atoms with E-state index in [0.29, 0.717) is 25.7 Å². The summed E-state index contributed by atoms with van der Waals surface area (Å²) in [5, 5.41) is 9.65. The van der Waals surface area contributed by atoms with Crippen LogP contribution < -0.4 is 0 Å². The van der Waals surface area contributed by atoms with Gasteiger partial charge < -0.3 is 14.6 Å². The number of hydrogen-bond acceptors (Lipinski definition) is 5. The van der Waals surface area contributed by atoms with E-state index in [1.807, 2.05) is 18.2 Å². The van der Waals surface area contributed by atoms with Crippen molar-refractivity contribution in [2.24, 2.45) is 0 Å². The third-order valence-electron chi connectivity index (χ3n) is 4.97. The molecule has 0 radical (unpaired) electrons. The smallest absolute Gasteiger partial charge is 0.305 e. The molecular formula is C21H29ClO5. The van der Waals surface area contributed by atoms with E-state index in [2.05, 4.69) is 11.7 Å². The molecule has 0 bridgehead atoms. The summed E-state index contributed by atoms with van der Waals surface area (Å²) in [6, 6.07) is 0. The lowest BCUT2D eigenvalue weighted by atomic mass is 9.90. The van der Waals surface area contributed by atoms with Crippen molar-refractivity contribution >= 4 is 23.4 Å². The molecule has 0 aromatic rings. The molecule has 1 saturated carbocycles. The van der Waals surface area contributed by atoms with Crippen molar-refractivity contribution < 1.29 is 24.2 Å². The Bertz CT molecular complexity index is 638. The van der Waals surface area contributed by atoms with Crippen LogP contribution in [-0.4, -0.2) is 40.7 Å². The number of carbonyl (C=O) groups excluding carboxylic acids is 2. The van der Waals surface area contributed by atoms with Gasteiger partial charge >= 0.3 is 5.97 Å². The lowest BCUT2D eigenvalue weighted by Crippen LogP contribution is -2.35. The molecule has 2 aliphatic rings. The Kier molecular flexibility index (Phi) is 7.83. The zero-order valence-electron chi connectivity index (χ0n) is 16.1. The first-order valence-electron chi connectivity index (χ1n) is 9.63. The number of methoxy groups -OCH3 is 1. The minimum atomic E-state index is -1.41. The predicted octanol–water partition coefficient (Wildman–Crippen LogP) is 3.99. The Labute approximate surface area is 166 Å². The molecule has 1 aliphatic carbocycles. The van der Waals surface area contributed by atoms with E-state index in [1.54, 1.807) is 12.2 Å². The number of rotatable bonds is 11. The number of ketones is 1. The van der Waals surface area contributed by atoms with Crippen molar-refractivity contribution in [1.82, 2.24) is 0 Å². The van der Waals surface area contributed by atoms with Gasteiger partial charge in [-0.25, -0.2) is 0 Å². The predicted molar refractivity (Wildman–Crippen MR) is 104 cm³/mol. The number of epoxide rings is 1. The Morgan fingerprint density at radius 2 is 2.00 bits per heavy atom. The summed E-state index contributed by atoms with van der Waals surface area (Å²) < 4.78 is 9.88. The third kappa shape index (κ3) is 5.09. The molecule has 1 heterocycles. The highest BCUT2D eigenvalue weighted by atomic mass is 35.5. The highest BCUT2D eigenvalue weighted by molar-refractivity contribution is 6.41. The molecule has 1 aliphatic heterocycles. The largest absolute Gasteiger partial charge is 0.469 e. The van der Waals surface area contributed by atoms with Crippen LogP contribution in [0, 0.1) is 0 Å². The van der Waals surface area contributed by atoms with Crippen LogP contribution in [0.4, 0.5) is 0 Å². The highest BCUT2D eigenvalue weighted by Crippen LogP contribution is 2.59. The van der Waals surface area contributed by atoms with Crippen molar-refractivity contribution in [3.8, 4) is 0 Å². The summed E-state index contributed by atoms with van der Waals surface area (Å²) in [4.78, 5) is 23.6. The summed E-state index contributed by atoms with van der Waals surface area (Å²) in [6.07, 6.45) is 14.8. The molecule has 0 aromatic carbocycles. The van der Waals surface area contributed by atoms with E-state index >= 15 is 0 Å². The number of alkyl halides is 1. The van der Waals surface area contributed by atoms with Crippen LogP contribution in [0.25, 0.3) is 0 Å². The first-order chi connectivity index (χ1) is 12.9. The highest BCUT2D eigenvalue weighted by Gasteiger charge is 2.77. The molecule has 1 N–H and O–H groups in total. The standard InChI is InChI=1S/C21H29ClO5/c1-3-4-5-6-9-12-15-20(25)16(18(24)21(22)19(20)27-21)13-10-7-8-11-14-17(23)26-2/h7,9-10,12-13,19,25H,3-6,8,11,14-15H2,1-2H3/b10-7-,12-9-,16-13-/t19-,20-,21-/m0/s1. The average molecular weight is 397 g/mol. The van der Waals surface area contributed by atoms with E-state index in [1.165, 1.54) is 13.5 Å². The maximum Gasteiger partial charge on any atom is 0.305 e. The molecule has 6 heteroatoms. The van der Waals surface area contributed by atoms with Gasteiger partial charge in [0.2, 0.25) is 10.8 Å². The summed E-state index contributed by atoms with van der Waals surface area (Å²) >= 11 is 6.19. The second-order valence-corrected chi connectivity index (χ2v) is 7.61. The Morgan fingerprint density at radius 3 is 2.70 bits per heavy atom. The molecule has 0 unspecified atom stereocenters. The maximum absolute atomic E-state index is 12.5. The molecule has 0 amide bonds. The normalized spacial score (nSPS) is 31.2. The molecule has 3 atom stereocenters. The molecular weight excluding hydrogens is 368 g/mol. The van der Waals surface area contributed by atoms with Gasteiger partial charge in [-0.3, -0.25) is 9.59 Å². The van der Waals surface area contributed by atoms with Gasteiger partial charge in [-0.15, -0.1) is 0 Å². The van der Waals surface area contributed by atoms with E-state index in [9.17, 15) is 14.7 Å². The van der Waals surface area contributed by atoms with Gasteiger partial charge in [-0.05, 0) is 25.7 Å². The molecule has 27 heavy (non-hydrogen) atoms. The van der Waals surface area contributed by atoms with Crippen molar-refractivity contribution in [1.29, 1.82) is 0 Å². The second-order valence-electron chi connectivity index (χ2n) is 7.04.